The average Bonchev–Trinajstić information content (AvgIpc) is 2.54. The van der Waals surface area contributed by atoms with Crippen molar-refractivity contribution in [1.29, 1.82) is 5.26 Å². The molecule has 2 aromatic rings. The monoisotopic (exact) mass is 311 g/mol. The molecule has 0 aliphatic rings. The van der Waals surface area contributed by atoms with Gasteiger partial charge in [0.1, 0.15) is 11.8 Å². The van der Waals surface area contributed by atoms with Gasteiger partial charge in [-0.1, -0.05) is 12.1 Å². The molecule has 2 rings (SSSR count). The average molecular weight is 311 g/mol. The second-order valence-corrected chi connectivity index (χ2v) is 5.21. The second-order valence-electron chi connectivity index (χ2n) is 5.21. The van der Waals surface area contributed by atoms with Crippen LogP contribution in [-0.4, -0.2) is 25.2 Å². The molecule has 0 unspecified atom stereocenters. The van der Waals surface area contributed by atoms with Crippen LogP contribution in [0.1, 0.15) is 22.5 Å². The van der Waals surface area contributed by atoms with Gasteiger partial charge in [-0.3, -0.25) is 4.98 Å². The number of aryl methyl sites for hydroxylation is 2. The summed E-state index contributed by atoms with van der Waals surface area (Å²) in [7, 11) is 1.65. The van der Waals surface area contributed by atoms with E-state index in [4.69, 9.17) is 9.47 Å². The van der Waals surface area contributed by atoms with Gasteiger partial charge in [0.05, 0.1) is 37.3 Å². The highest BCUT2D eigenvalue weighted by Gasteiger charge is 2.07. The van der Waals surface area contributed by atoms with Crippen molar-refractivity contribution in [3.05, 3.63) is 52.8 Å². The van der Waals surface area contributed by atoms with Crippen LogP contribution in [0.5, 0.6) is 5.75 Å². The number of methoxy groups -OCH3 is 1. The summed E-state index contributed by atoms with van der Waals surface area (Å²) < 4.78 is 10.8. The fourth-order valence-electron chi connectivity index (χ4n) is 2.32. The molecule has 23 heavy (non-hydrogen) atoms. The number of benzene rings is 1. The molecule has 1 heterocycles. The molecule has 0 saturated heterocycles. The number of ether oxygens (including phenoxy) is 2. The van der Waals surface area contributed by atoms with Crippen LogP contribution in [0, 0.1) is 25.2 Å². The summed E-state index contributed by atoms with van der Waals surface area (Å²) in [6.45, 7) is 5.46. The van der Waals surface area contributed by atoms with E-state index >= 15 is 0 Å². The van der Waals surface area contributed by atoms with Gasteiger partial charge in [0.15, 0.2) is 0 Å². The molecule has 0 radical (unpaired) electrons. The van der Waals surface area contributed by atoms with E-state index in [0.717, 1.165) is 28.4 Å². The van der Waals surface area contributed by atoms with Crippen LogP contribution in [0.2, 0.25) is 0 Å². The minimum atomic E-state index is 0.526. The lowest BCUT2D eigenvalue weighted by Crippen LogP contribution is -2.11. The fraction of sp³-hybridized carbons (Fsp3) is 0.333. The van der Waals surface area contributed by atoms with Crippen LogP contribution >= 0.6 is 0 Å². The first-order chi connectivity index (χ1) is 11.1. The van der Waals surface area contributed by atoms with Crippen molar-refractivity contribution in [2.75, 3.05) is 25.6 Å². The number of nitrogens with zero attached hydrogens (tertiary/aromatic N) is 2. The molecule has 120 valence electrons. The molecule has 5 heteroatoms. The number of hydrogen-bond acceptors (Lipinski definition) is 5. The van der Waals surface area contributed by atoms with Crippen LogP contribution in [0.15, 0.2) is 30.3 Å². The lowest BCUT2D eigenvalue weighted by Gasteiger charge is -2.11. The van der Waals surface area contributed by atoms with Crippen LogP contribution in [0.3, 0.4) is 0 Å². The Morgan fingerprint density at radius 1 is 1.26 bits per heavy atom. The number of rotatable bonds is 7. The maximum absolute atomic E-state index is 9.22. The SMILES string of the molecule is COc1cccc(COCCNc2cc(C)nc(C)c2C#N)c1. The maximum Gasteiger partial charge on any atom is 0.119 e. The minimum absolute atomic E-state index is 0.526. The summed E-state index contributed by atoms with van der Waals surface area (Å²) in [5.74, 6) is 0.825. The van der Waals surface area contributed by atoms with E-state index in [-0.39, 0.29) is 0 Å². The first kappa shape index (κ1) is 16.8. The van der Waals surface area contributed by atoms with E-state index in [0.29, 0.717) is 25.3 Å². The lowest BCUT2D eigenvalue weighted by atomic mass is 10.1. The largest absolute Gasteiger partial charge is 0.497 e. The van der Waals surface area contributed by atoms with Gasteiger partial charge >= 0.3 is 0 Å². The third-order valence-electron chi connectivity index (χ3n) is 3.40. The molecular weight excluding hydrogens is 290 g/mol. The second kappa shape index (κ2) is 8.16. The maximum atomic E-state index is 9.22. The van der Waals surface area contributed by atoms with Gasteiger partial charge in [-0.15, -0.1) is 0 Å². The third kappa shape index (κ3) is 4.70. The van der Waals surface area contributed by atoms with E-state index in [1.54, 1.807) is 7.11 Å². The predicted octanol–water partition coefficient (Wildman–Crippen LogP) is 3.21. The van der Waals surface area contributed by atoms with Crippen LogP contribution < -0.4 is 10.1 Å². The normalized spacial score (nSPS) is 10.2. The zero-order chi connectivity index (χ0) is 16.7. The Labute approximate surface area is 136 Å². The van der Waals surface area contributed by atoms with E-state index in [1.165, 1.54) is 0 Å². The Morgan fingerprint density at radius 3 is 2.83 bits per heavy atom. The van der Waals surface area contributed by atoms with Crippen molar-refractivity contribution in [1.82, 2.24) is 4.98 Å². The quantitative estimate of drug-likeness (QED) is 0.795. The molecule has 0 aliphatic heterocycles. The fourth-order valence-corrected chi connectivity index (χ4v) is 2.32. The van der Waals surface area contributed by atoms with Crippen molar-refractivity contribution in [3.8, 4) is 11.8 Å². The van der Waals surface area contributed by atoms with Gasteiger partial charge < -0.3 is 14.8 Å². The highest BCUT2D eigenvalue weighted by Crippen LogP contribution is 2.18. The zero-order valence-corrected chi connectivity index (χ0v) is 13.7. The van der Waals surface area contributed by atoms with E-state index < -0.39 is 0 Å². The molecule has 0 amide bonds. The number of nitriles is 1. The van der Waals surface area contributed by atoms with Crippen molar-refractivity contribution < 1.29 is 9.47 Å². The minimum Gasteiger partial charge on any atom is -0.497 e. The molecular formula is C18H21N3O2. The molecule has 0 aliphatic carbocycles. The molecule has 0 saturated carbocycles. The van der Waals surface area contributed by atoms with E-state index in [1.807, 2.05) is 44.2 Å². The van der Waals surface area contributed by atoms with Gasteiger partial charge in [-0.05, 0) is 37.6 Å². The highest BCUT2D eigenvalue weighted by atomic mass is 16.5. The van der Waals surface area contributed by atoms with Crippen LogP contribution in [-0.2, 0) is 11.3 Å². The van der Waals surface area contributed by atoms with Crippen molar-refractivity contribution in [2.24, 2.45) is 0 Å². The molecule has 5 nitrogen and oxygen atoms in total. The van der Waals surface area contributed by atoms with Crippen LogP contribution in [0.25, 0.3) is 0 Å². The molecule has 0 fully saturated rings. The molecule has 1 N–H and O–H groups in total. The van der Waals surface area contributed by atoms with E-state index in [2.05, 4.69) is 16.4 Å². The predicted molar refractivity (Wildman–Crippen MR) is 89.6 cm³/mol. The van der Waals surface area contributed by atoms with Crippen molar-refractivity contribution in [3.63, 3.8) is 0 Å². The summed E-state index contributed by atoms with van der Waals surface area (Å²) in [5, 5.41) is 12.5. The Kier molecular flexibility index (Phi) is 5.95. The van der Waals surface area contributed by atoms with Gasteiger partial charge in [0.25, 0.3) is 0 Å². The summed E-state index contributed by atoms with van der Waals surface area (Å²) in [5.41, 5.74) is 4.09. The zero-order valence-electron chi connectivity index (χ0n) is 13.7. The van der Waals surface area contributed by atoms with Gasteiger partial charge in [0.2, 0.25) is 0 Å². The summed E-state index contributed by atoms with van der Waals surface area (Å²) in [4.78, 5) is 4.30. The number of nitrogens with one attached hydrogen (secondary N) is 1. The molecule has 1 aromatic heterocycles. The van der Waals surface area contributed by atoms with Crippen molar-refractivity contribution >= 4 is 5.69 Å². The lowest BCUT2D eigenvalue weighted by molar-refractivity contribution is 0.130. The molecule has 0 spiro atoms. The molecule has 1 aromatic carbocycles. The number of anilines is 1. The third-order valence-corrected chi connectivity index (χ3v) is 3.40. The van der Waals surface area contributed by atoms with E-state index in [9.17, 15) is 5.26 Å². The number of hydrogen-bond donors (Lipinski definition) is 1. The van der Waals surface area contributed by atoms with Gasteiger partial charge in [0, 0.05) is 12.2 Å². The summed E-state index contributed by atoms with van der Waals surface area (Å²) in [6.07, 6.45) is 0. The van der Waals surface area contributed by atoms with Gasteiger partial charge in [-0.2, -0.15) is 5.26 Å². The number of aromatic nitrogens is 1. The van der Waals surface area contributed by atoms with Crippen molar-refractivity contribution in [2.45, 2.75) is 20.5 Å². The Balaban J connectivity index is 1.83. The molecule has 0 atom stereocenters. The standard InChI is InChI=1S/C18H21N3O2/c1-13-9-18(17(11-19)14(2)21-13)20-7-8-23-12-15-5-4-6-16(10-15)22-3/h4-6,9-10H,7-8,12H2,1-3H3,(H,20,21). The first-order valence-corrected chi connectivity index (χ1v) is 7.47. The van der Waals surface area contributed by atoms with Crippen LogP contribution in [0.4, 0.5) is 5.69 Å². The topological polar surface area (TPSA) is 67.2 Å². The first-order valence-electron chi connectivity index (χ1n) is 7.47. The number of pyridine rings is 1. The van der Waals surface area contributed by atoms with Gasteiger partial charge in [-0.25, -0.2) is 0 Å². The molecule has 0 bridgehead atoms. The smallest absolute Gasteiger partial charge is 0.119 e. The highest BCUT2D eigenvalue weighted by molar-refractivity contribution is 5.59. The Bertz CT molecular complexity index is 708. The summed E-state index contributed by atoms with van der Waals surface area (Å²) >= 11 is 0. The Morgan fingerprint density at radius 2 is 2.09 bits per heavy atom. The summed E-state index contributed by atoms with van der Waals surface area (Å²) in [6, 6.07) is 11.9. The Hall–Kier alpha value is -2.58.